The van der Waals surface area contributed by atoms with Crippen molar-refractivity contribution >= 4 is 22.5 Å². The molecule has 1 saturated heterocycles. The molecule has 2 aromatic heterocycles. The molecule has 148 valence electrons. The number of methoxy groups -OCH3 is 1. The van der Waals surface area contributed by atoms with Crippen LogP contribution in [0.15, 0.2) is 42.6 Å². The van der Waals surface area contributed by atoms with E-state index >= 15 is 0 Å². The minimum Gasteiger partial charge on any atom is -0.481 e. The van der Waals surface area contributed by atoms with Crippen molar-refractivity contribution in [2.45, 2.75) is 13.5 Å². The van der Waals surface area contributed by atoms with Crippen LogP contribution in [0.1, 0.15) is 11.3 Å². The first-order chi connectivity index (χ1) is 14.1. The lowest BCUT2D eigenvalue weighted by atomic mass is 10.1. The molecule has 7 nitrogen and oxygen atoms in total. The molecule has 0 N–H and O–H groups in total. The predicted molar refractivity (Wildman–Crippen MR) is 111 cm³/mol. The van der Waals surface area contributed by atoms with Crippen molar-refractivity contribution in [3.05, 3.63) is 53.9 Å². The van der Waals surface area contributed by atoms with E-state index in [1.54, 1.807) is 13.3 Å². The largest absolute Gasteiger partial charge is 0.481 e. The van der Waals surface area contributed by atoms with Crippen LogP contribution in [-0.2, 0) is 11.3 Å². The zero-order valence-electron chi connectivity index (χ0n) is 16.6. The number of benzene rings is 1. The summed E-state index contributed by atoms with van der Waals surface area (Å²) in [5, 5.41) is 10.4. The van der Waals surface area contributed by atoms with Crippen LogP contribution < -0.4 is 9.64 Å². The van der Waals surface area contributed by atoms with Crippen LogP contribution in [0.4, 0.5) is 5.69 Å². The average molecular weight is 389 g/mol. The summed E-state index contributed by atoms with van der Waals surface area (Å²) in [7, 11) is 1.60. The van der Waals surface area contributed by atoms with Gasteiger partial charge in [-0.1, -0.05) is 18.2 Å². The number of fused-ring (bicyclic) bond motifs is 1. The van der Waals surface area contributed by atoms with Crippen LogP contribution in [0.25, 0.3) is 10.9 Å². The van der Waals surface area contributed by atoms with Gasteiger partial charge in [0.15, 0.2) is 0 Å². The summed E-state index contributed by atoms with van der Waals surface area (Å²) in [4.78, 5) is 21.3. The molecule has 4 rings (SSSR count). The Morgan fingerprint density at radius 3 is 2.59 bits per heavy atom. The van der Waals surface area contributed by atoms with E-state index in [4.69, 9.17) is 4.74 Å². The maximum absolute atomic E-state index is 13.0. The number of nitrogens with zero attached hydrogens (tertiary/aromatic N) is 5. The van der Waals surface area contributed by atoms with E-state index in [0.717, 1.165) is 35.4 Å². The first kappa shape index (κ1) is 18.8. The van der Waals surface area contributed by atoms with Crippen LogP contribution >= 0.6 is 0 Å². The van der Waals surface area contributed by atoms with E-state index in [0.29, 0.717) is 24.5 Å². The molecule has 1 aliphatic heterocycles. The maximum atomic E-state index is 13.0. The van der Waals surface area contributed by atoms with Gasteiger partial charge in [0.05, 0.1) is 30.1 Å². The highest BCUT2D eigenvalue weighted by atomic mass is 16.5. The Kier molecular flexibility index (Phi) is 5.09. The van der Waals surface area contributed by atoms with Crippen molar-refractivity contribution in [1.82, 2.24) is 14.5 Å². The molecule has 0 radical (unpaired) electrons. The second-order valence-corrected chi connectivity index (χ2v) is 7.10. The number of anilines is 1. The smallest absolute Gasteiger partial charge is 0.242 e. The normalized spacial score (nSPS) is 14.1. The van der Waals surface area contributed by atoms with Gasteiger partial charge in [-0.25, -0.2) is 4.98 Å². The van der Waals surface area contributed by atoms with Gasteiger partial charge in [-0.15, -0.1) is 0 Å². The molecule has 29 heavy (non-hydrogen) atoms. The Bertz CT molecular complexity index is 1070. The Hall–Kier alpha value is -3.53. The molecule has 3 heterocycles. The molecule has 0 bridgehead atoms. The van der Waals surface area contributed by atoms with Crippen LogP contribution in [0.3, 0.4) is 0 Å². The molecule has 0 spiro atoms. The van der Waals surface area contributed by atoms with Crippen LogP contribution in [0, 0.1) is 18.3 Å². The minimum absolute atomic E-state index is 0.0749. The number of nitriles is 1. The van der Waals surface area contributed by atoms with Gasteiger partial charge in [-0.2, -0.15) is 5.26 Å². The van der Waals surface area contributed by atoms with Crippen molar-refractivity contribution in [2.24, 2.45) is 0 Å². The van der Waals surface area contributed by atoms with Gasteiger partial charge in [0, 0.05) is 43.3 Å². The summed E-state index contributed by atoms with van der Waals surface area (Å²) in [5.41, 5.74) is 3.44. The molecule has 1 fully saturated rings. The first-order valence-electron chi connectivity index (χ1n) is 9.63. The number of aromatic nitrogens is 2. The van der Waals surface area contributed by atoms with Crippen LogP contribution in [-0.4, -0.2) is 53.6 Å². The van der Waals surface area contributed by atoms with Gasteiger partial charge in [-0.05, 0) is 19.1 Å². The number of piperazine rings is 1. The molecule has 7 heteroatoms. The van der Waals surface area contributed by atoms with Gasteiger partial charge in [0.1, 0.15) is 12.6 Å². The van der Waals surface area contributed by atoms with Crippen molar-refractivity contribution in [3.8, 4) is 11.9 Å². The second kappa shape index (κ2) is 7.84. The van der Waals surface area contributed by atoms with Crippen LogP contribution in [0.5, 0.6) is 5.88 Å². The fraction of sp³-hybridized carbons (Fsp3) is 0.318. The SMILES string of the molecule is COc1ccc(N2CCN(C(=O)Cn3c(C)c(C#N)c4ccccc43)CC2)cn1. The van der Waals surface area contributed by atoms with Crippen LogP contribution in [0.2, 0.25) is 0 Å². The lowest BCUT2D eigenvalue weighted by Crippen LogP contribution is -2.49. The highest BCUT2D eigenvalue weighted by Gasteiger charge is 2.23. The third kappa shape index (κ3) is 3.49. The van der Waals surface area contributed by atoms with E-state index in [9.17, 15) is 10.1 Å². The fourth-order valence-corrected chi connectivity index (χ4v) is 3.91. The highest BCUT2D eigenvalue weighted by molar-refractivity contribution is 5.89. The molecule has 1 aliphatic rings. The Morgan fingerprint density at radius 2 is 1.93 bits per heavy atom. The molecule has 0 atom stereocenters. The number of amides is 1. The Balaban J connectivity index is 1.45. The number of carbonyl (C=O) groups excluding carboxylic acids is 1. The van der Waals surface area contributed by atoms with E-state index in [-0.39, 0.29) is 12.5 Å². The van der Waals surface area contributed by atoms with Crippen molar-refractivity contribution in [2.75, 3.05) is 38.2 Å². The van der Waals surface area contributed by atoms with Gasteiger partial charge < -0.3 is 19.1 Å². The molecule has 0 saturated carbocycles. The molecule has 0 aliphatic carbocycles. The Labute approximate surface area is 169 Å². The Morgan fingerprint density at radius 1 is 1.17 bits per heavy atom. The number of hydrogen-bond acceptors (Lipinski definition) is 5. The predicted octanol–water partition coefficient (Wildman–Crippen LogP) is 2.57. The number of carbonyl (C=O) groups is 1. The van der Waals surface area contributed by atoms with Gasteiger partial charge in [0.2, 0.25) is 11.8 Å². The second-order valence-electron chi connectivity index (χ2n) is 7.10. The zero-order chi connectivity index (χ0) is 20.4. The molecule has 0 unspecified atom stereocenters. The number of hydrogen-bond donors (Lipinski definition) is 0. The summed E-state index contributed by atoms with van der Waals surface area (Å²) < 4.78 is 7.06. The lowest BCUT2D eigenvalue weighted by molar-refractivity contribution is -0.132. The highest BCUT2D eigenvalue weighted by Crippen LogP contribution is 2.25. The third-order valence-electron chi connectivity index (χ3n) is 5.56. The topological polar surface area (TPSA) is 74.4 Å². The molecular weight excluding hydrogens is 366 g/mol. The van der Waals surface area contributed by atoms with Crippen molar-refractivity contribution < 1.29 is 9.53 Å². The number of pyridine rings is 1. The summed E-state index contributed by atoms with van der Waals surface area (Å²) >= 11 is 0. The average Bonchev–Trinajstić information content (AvgIpc) is 3.04. The summed E-state index contributed by atoms with van der Waals surface area (Å²) in [6.07, 6.45) is 1.80. The van der Waals surface area contributed by atoms with E-state index < -0.39 is 0 Å². The summed E-state index contributed by atoms with van der Waals surface area (Å²) in [6, 6.07) is 13.9. The van der Waals surface area contributed by atoms with E-state index in [1.807, 2.05) is 52.8 Å². The van der Waals surface area contributed by atoms with E-state index in [1.165, 1.54) is 0 Å². The first-order valence-corrected chi connectivity index (χ1v) is 9.63. The zero-order valence-corrected chi connectivity index (χ0v) is 16.6. The number of rotatable bonds is 4. The quantitative estimate of drug-likeness (QED) is 0.686. The molecular formula is C22H23N5O2. The number of para-hydroxylation sites is 1. The molecule has 3 aromatic rings. The molecule has 1 aromatic carbocycles. The lowest BCUT2D eigenvalue weighted by Gasteiger charge is -2.36. The van der Waals surface area contributed by atoms with Gasteiger partial charge in [-0.3, -0.25) is 4.79 Å². The van der Waals surface area contributed by atoms with Crippen molar-refractivity contribution in [3.63, 3.8) is 0 Å². The fourth-order valence-electron chi connectivity index (χ4n) is 3.91. The maximum Gasteiger partial charge on any atom is 0.242 e. The summed E-state index contributed by atoms with van der Waals surface area (Å²) in [5.74, 6) is 0.666. The van der Waals surface area contributed by atoms with Gasteiger partial charge in [0.25, 0.3) is 0 Å². The summed E-state index contributed by atoms with van der Waals surface area (Å²) in [6.45, 7) is 4.99. The van der Waals surface area contributed by atoms with Crippen molar-refractivity contribution in [1.29, 1.82) is 5.26 Å². The molecule has 1 amide bonds. The van der Waals surface area contributed by atoms with Gasteiger partial charge >= 0.3 is 0 Å². The van der Waals surface area contributed by atoms with E-state index in [2.05, 4.69) is 16.0 Å². The minimum atomic E-state index is 0.0749. The monoisotopic (exact) mass is 389 g/mol. The number of ether oxygens (including phenoxy) is 1. The standard InChI is InChI=1S/C22H23N5O2/c1-16-19(13-23)18-5-3-4-6-20(18)27(16)15-22(28)26-11-9-25(10-12-26)17-7-8-21(29-2)24-14-17/h3-8,14H,9-12,15H2,1-2H3. The third-order valence-corrected chi connectivity index (χ3v) is 5.56.